The SMILES string of the molecule is O=C(Nc1cnn(Cc2ccc(F)cc2)c1)c1cccc(Cn2ccnc2)c1. The fourth-order valence-electron chi connectivity index (χ4n) is 2.90. The zero-order chi connectivity index (χ0) is 19.3. The molecule has 0 saturated heterocycles. The van der Waals surface area contributed by atoms with Crippen molar-refractivity contribution in [3.05, 3.63) is 102 Å². The van der Waals surface area contributed by atoms with Crippen molar-refractivity contribution in [1.82, 2.24) is 19.3 Å². The van der Waals surface area contributed by atoms with Gasteiger partial charge in [-0.15, -0.1) is 0 Å². The van der Waals surface area contributed by atoms with Gasteiger partial charge in [-0.25, -0.2) is 9.37 Å². The molecule has 140 valence electrons. The molecule has 0 saturated carbocycles. The van der Waals surface area contributed by atoms with Crippen molar-refractivity contribution in [3.63, 3.8) is 0 Å². The third-order valence-corrected chi connectivity index (χ3v) is 4.26. The van der Waals surface area contributed by atoms with Gasteiger partial charge in [0, 0.05) is 30.7 Å². The van der Waals surface area contributed by atoms with Gasteiger partial charge in [0.25, 0.3) is 5.91 Å². The standard InChI is InChI=1S/C21H18FN5O/c22-19-6-4-16(5-7-19)13-27-14-20(11-24-27)25-21(28)18-3-1-2-17(10-18)12-26-9-8-23-15-26/h1-11,14-15H,12-13H2,(H,25,28). The highest BCUT2D eigenvalue weighted by molar-refractivity contribution is 6.04. The monoisotopic (exact) mass is 375 g/mol. The van der Waals surface area contributed by atoms with Crippen LogP contribution in [0.15, 0.2) is 79.6 Å². The van der Waals surface area contributed by atoms with Crippen LogP contribution in [-0.4, -0.2) is 25.2 Å². The number of rotatable bonds is 6. The van der Waals surface area contributed by atoms with E-state index in [9.17, 15) is 9.18 Å². The number of hydrogen-bond acceptors (Lipinski definition) is 3. The average Bonchev–Trinajstić information content (AvgIpc) is 3.36. The Hall–Kier alpha value is -3.74. The molecule has 1 amide bonds. The molecule has 2 aromatic carbocycles. The number of anilines is 1. The van der Waals surface area contributed by atoms with Gasteiger partial charge >= 0.3 is 0 Å². The van der Waals surface area contributed by atoms with Gasteiger partial charge in [-0.3, -0.25) is 9.48 Å². The summed E-state index contributed by atoms with van der Waals surface area (Å²) >= 11 is 0. The lowest BCUT2D eigenvalue weighted by Crippen LogP contribution is -2.12. The van der Waals surface area contributed by atoms with Crippen LogP contribution in [0.4, 0.5) is 10.1 Å². The predicted molar refractivity (Wildman–Crippen MR) is 103 cm³/mol. The second-order valence-electron chi connectivity index (χ2n) is 6.44. The molecule has 0 radical (unpaired) electrons. The Labute approximate surface area is 161 Å². The van der Waals surface area contributed by atoms with Gasteiger partial charge in [0.1, 0.15) is 5.82 Å². The molecular weight excluding hydrogens is 357 g/mol. The quantitative estimate of drug-likeness (QED) is 0.560. The molecule has 0 aliphatic heterocycles. The van der Waals surface area contributed by atoms with Crippen molar-refractivity contribution in [3.8, 4) is 0 Å². The lowest BCUT2D eigenvalue weighted by atomic mass is 10.1. The fraction of sp³-hybridized carbons (Fsp3) is 0.0952. The van der Waals surface area contributed by atoms with E-state index in [0.29, 0.717) is 24.3 Å². The molecule has 1 N–H and O–H groups in total. The number of nitrogens with one attached hydrogen (secondary N) is 1. The summed E-state index contributed by atoms with van der Waals surface area (Å²) in [7, 11) is 0. The second-order valence-corrected chi connectivity index (χ2v) is 6.44. The number of benzene rings is 2. The van der Waals surface area contributed by atoms with E-state index in [2.05, 4.69) is 15.4 Å². The van der Waals surface area contributed by atoms with E-state index in [4.69, 9.17) is 0 Å². The van der Waals surface area contributed by atoms with Crippen LogP contribution < -0.4 is 5.32 Å². The third kappa shape index (κ3) is 4.32. The number of halogens is 1. The summed E-state index contributed by atoms with van der Waals surface area (Å²) in [5.41, 5.74) is 3.11. The van der Waals surface area contributed by atoms with Crippen molar-refractivity contribution in [2.45, 2.75) is 13.1 Å². The maximum absolute atomic E-state index is 13.0. The maximum atomic E-state index is 13.0. The largest absolute Gasteiger partial charge is 0.333 e. The Morgan fingerprint density at radius 3 is 2.71 bits per heavy atom. The summed E-state index contributed by atoms with van der Waals surface area (Å²) < 4.78 is 16.6. The van der Waals surface area contributed by atoms with Gasteiger partial charge in [0.15, 0.2) is 0 Å². The Morgan fingerprint density at radius 2 is 1.93 bits per heavy atom. The summed E-state index contributed by atoms with van der Waals surface area (Å²) in [6.45, 7) is 1.15. The zero-order valence-corrected chi connectivity index (χ0v) is 15.0. The number of carbonyl (C=O) groups excluding carboxylic acids is 1. The molecular formula is C21H18FN5O. The molecule has 0 spiro atoms. The normalized spacial score (nSPS) is 10.8. The van der Waals surface area contributed by atoms with Gasteiger partial charge in [-0.1, -0.05) is 24.3 Å². The summed E-state index contributed by atoms with van der Waals surface area (Å²) in [6, 6.07) is 13.7. The summed E-state index contributed by atoms with van der Waals surface area (Å²) in [5, 5.41) is 7.10. The smallest absolute Gasteiger partial charge is 0.255 e. The molecule has 0 aliphatic carbocycles. The lowest BCUT2D eigenvalue weighted by molar-refractivity contribution is 0.102. The van der Waals surface area contributed by atoms with Crippen LogP contribution in [0, 0.1) is 5.82 Å². The van der Waals surface area contributed by atoms with Crippen LogP contribution in [0.5, 0.6) is 0 Å². The summed E-state index contributed by atoms with van der Waals surface area (Å²) in [4.78, 5) is 16.6. The number of nitrogens with zero attached hydrogens (tertiary/aromatic N) is 4. The minimum atomic E-state index is -0.271. The highest BCUT2D eigenvalue weighted by Crippen LogP contribution is 2.13. The van der Waals surface area contributed by atoms with Crippen LogP contribution in [0.25, 0.3) is 0 Å². The van der Waals surface area contributed by atoms with E-state index in [1.807, 2.05) is 29.0 Å². The van der Waals surface area contributed by atoms with Gasteiger partial charge < -0.3 is 9.88 Å². The highest BCUT2D eigenvalue weighted by Gasteiger charge is 2.09. The van der Waals surface area contributed by atoms with Gasteiger partial charge in [0.05, 0.1) is 24.8 Å². The predicted octanol–water partition coefficient (Wildman–Crippen LogP) is 3.57. The molecule has 0 aliphatic rings. The van der Waals surface area contributed by atoms with Crippen LogP contribution in [0.3, 0.4) is 0 Å². The summed E-state index contributed by atoms with van der Waals surface area (Å²) in [5.74, 6) is -0.471. The molecule has 0 atom stereocenters. The molecule has 2 aromatic heterocycles. The van der Waals surface area contributed by atoms with E-state index < -0.39 is 0 Å². The molecule has 0 fully saturated rings. The molecule has 0 bridgehead atoms. The number of imidazole rings is 1. The van der Waals surface area contributed by atoms with Crippen molar-refractivity contribution >= 4 is 11.6 Å². The Bertz CT molecular complexity index is 1070. The molecule has 4 aromatic rings. The molecule has 2 heterocycles. The Morgan fingerprint density at radius 1 is 1.07 bits per heavy atom. The topological polar surface area (TPSA) is 64.7 Å². The molecule has 0 unspecified atom stereocenters. The van der Waals surface area contributed by atoms with E-state index in [1.165, 1.54) is 12.1 Å². The minimum absolute atomic E-state index is 0.200. The van der Waals surface area contributed by atoms with Crippen molar-refractivity contribution in [2.75, 3.05) is 5.32 Å². The van der Waals surface area contributed by atoms with E-state index in [0.717, 1.165) is 11.1 Å². The highest BCUT2D eigenvalue weighted by atomic mass is 19.1. The van der Waals surface area contributed by atoms with Crippen LogP contribution in [-0.2, 0) is 13.1 Å². The zero-order valence-electron chi connectivity index (χ0n) is 15.0. The number of amides is 1. The lowest BCUT2D eigenvalue weighted by Gasteiger charge is -2.06. The number of aromatic nitrogens is 4. The molecule has 6 nitrogen and oxygen atoms in total. The van der Waals surface area contributed by atoms with E-state index in [1.54, 1.807) is 47.8 Å². The Balaban J connectivity index is 1.41. The van der Waals surface area contributed by atoms with Crippen molar-refractivity contribution < 1.29 is 9.18 Å². The van der Waals surface area contributed by atoms with Gasteiger partial charge in [-0.2, -0.15) is 5.10 Å². The number of hydrogen-bond donors (Lipinski definition) is 1. The Kier molecular flexibility index (Phi) is 4.97. The van der Waals surface area contributed by atoms with E-state index >= 15 is 0 Å². The van der Waals surface area contributed by atoms with Gasteiger partial charge in [0.2, 0.25) is 0 Å². The molecule has 28 heavy (non-hydrogen) atoms. The maximum Gasteiger partial charge on any atom is 0.255 e. The third-order valence-electron chi connectivity index (χ3n) is 4.26. The van der Waals surface area contributed by atoms with E-state index in [-0.39, 0.29) is 11.7 Å². The van der Waals surface area contributed by atoms with Crippen LogP contribution in [0.1, 0.15) is 21.5 Å². The average molecular weight is 375 g/mol. The van der Waals surface area contributed by atoms with Crippen LogP contribution in [0.2, 0.25) is 0 Å². The molecule has 7 heteroatoms. The first-order valence-corrected chi connectivity index (χ1v) is 8.79. The van der Waals surface area contributed by atoms with Crippen molar-refractivity contribution in [1.29, 1.82) is 0 Å². The van der Waals surface area contributed by atoms with Gasteiger partial charge in [-0.05, 0) is 35.4 Å². The first-order valence-electron chi connectivity index (χ1n) is 8.79. The first-order chi connectivity index (χ1) is 13.7. The van der Waals surface area contributed by atoms with Crippen molar-refractivity contribution in [2.24, 2.45) is 0 Å². The first kappa shape index (κ1) is 17.7. The second kappa shape index (κ2) is 7.87. The molecule has 4 rings (SSSR count). The minimum Gasteiger partial charge on any atom is -0.333 e. The summed E-state index contributed by atoms with van der Waals surface area (Å²) in [6.07, 6.45) is 8.68. The fourth-order valence-corrected chi connectivity index (χ4v) is 2.90. The number of carbonyl (C=O) groups is 1. The van der Waals surface area contributed by atoms with Crippen LogP contribution >= 0.6 is 0 Å².